The summed E-state index contributed by atoms with van der Waals surface area (Å²) < 4.78 is 56.5. The second kappa shape index (κ2) is 6.33. The van der Waals surface area contributed by atoms with E-state index in [9.17, 15) is 22.4 Å². The van der Waals surface area contributed by atoms with Gasteiger partial charge in [0.05, 0.1) is 16.3 Å². The highest BCUT2D eigenvalue weighted by Crippen LogP contribution is 2.36. The average molecular weight is 349 g/mol. The lowest BCUT2D eigenvalue weighted by molar-refractivity contribution is -0.137. The third-order valence-corrected chi connectivity index (χ3v) is 2.98. The number of primary amides is 1. The fourth-order valence-corrected chi connectivity index (χ4v) is 1.90. The number of amides is 2. The van der Waals surface area contributed by atoms with E-state index >= 15 is 0 Å². The highest BCUT2D eigenvalue weighted by atomic mass is 35.5. The summed E-state index contributed by atoms with van der Waals surface area (Å²) in [7, 11) is 0. The van der Waals surface area contributed by atoms with Gasteiger partial charge in [0.25, 0.3) is 0 Å². The van der Waals surface area contributed by atoms with Gasteiger partial charge >= 0.3 is 12.2 Å². The molecule has 0 radical (unpaired) electrons. The van der Waals surface area contributed by atoms with E-state index in [-0.39, 0.29) is 22.2 Å². The Kier molecular flexibility index (Phi) is 4.65. The molecule has 0 saturated heterocycles. The van der Waals surface area contributed by atoms with Crippen molar-refractivity contribution in [3.05, 3.63) is 52.8 Å². The van der Waals surface area contributed by atoms with Gasteiger partial charge in [0.15, 0.2) is 0 Å². The molecule has 0 aromatic heterocycles. The number of nitrogens with two attached hydrogens (primary N) is 1. The minimum absolute atomic E-state index is 0.0146. The van der Waals surface area contributed by atoms with Crippen LogP contribution in [0.4, 0.5) is 28.0 Å². The highest BCUT2D eigenvalue weighted by molar-refractivity contribution is 6.32. The number of ether oxygens (including phenoxy) is 1. The second-order valence-corrected chi connectivity index (χ2v) is 4.78. The molecule has 0 heterocycles. The molecule has 0 atom stereocenters. The molecule has 2 aromatic rings. The predicted octanol–water partition coefficient (Wildman–Crippen LogP) is 4.78. The Morgan fingerprint density at radius 1 is 1.17 bits per heavy atom. The monoisotopic (exact) mass is 348 g/mol. The van der Waals surface area contributed by atoms with Gasteiger partial charge < -0.3 is 15.8 Å². The van der Waals surface area contributed by atoms with Crippen LogP contribution in [-0.4, -0.2) is 6.03 Å². The van der Waals surface area contributed by atoms with Crippen molar-refractivity contribution in [2.24, 2.45) is 5.73 Å². The molecular weight excluding hydrogens is 340 g/mol. The molecule has 0 saturated carbocycles. The van der Waals surface area contributed by atoms with E-state index in [4.69, 9.17) is 22.1 Å². The molecule has 0 aliphatic rings. The molecule has 0 unspecified atom stereocenters. The maximum atomic E-state index is 13.7. The van der Waals surface area contributed by atoms with Gasteiger partial charge in [-0.15, -0.1) is 0 Å². The molecule has 0 aliphatic carbocycles. The zero-order valence-electron chi connectivity index (χ0n) is 11.2. The zero-order valence-corrected chi connectivity index (χ0v) is 12.0. The van der Waals surface area contributed by atoms with E-state index in [1.165, 1.54) is 12.1 Å². The third-order valence-electron chi connectivity index (χ3n) is 2.69. The van der Waals surface area contributed by atoms with E-state index in [1.54, 1.807) is 0 Å². The Morgan fingerprint density at radius 2 is 1.87 bits per heavy atom. The first-order chi connectivity index (χ1) is 10.7. The minimum atomic E-state index is -4.53. The first kappa shape index (κ1) is 16.9. The number of nitrogens with one attached hydrogen (secondary N) is 1. The van der Waals surface area contributed by atoms with Crippen LogP contribution >= 0.6 is 11.6 Å². The Bertz CT molecular complexity index is 750. The predicted molar refractivity (Wildman–Crippen MR) is 76.1 cm³/mol. The van der Waals surface area contributed by atoms with Crippen molar-refractivity contribution in [1.29, 1.82) is 0 Å². The van der Waals surface area contributed by atoms with E-state index in [0.29, 0.717) is 6.07 Å². The zero-order chi connectivity index (χ0) is 17.2. The van der Waals surface area contributed by atoms with Gasteiger partial charge in [0, 0.05) is 6.07 Å². The minimum Gasteiger partial charge on any atom is -0.456 e. The number of alkyl halides is 3. The van der Waals surface area contributed by atoms with E-state index < -0.39 is 23.6 Å². The number of halogens is 5. The maximum absolute atomic E-state index is 13.7. The Balaban J connectivity index is 2.23. The summed E-state index contributed by atoms with van der Waals surface area (Å²) in [6, 6.07) is 4.99. The van der Waals surface area contributed by atoms with Crippen LogP contribution in [0.5, 0.6) is 11.5 Å². The summed E-state index contributed by atoms with van der Waals surface area (Å²) >= 11 is 5.73. The standard InChI is InChI=1S/C14H9ClF4N2O2/c15-9-5-7(14(17,18)19)1-4-12(9)23-8-2-3-11(10(16)6-8)21-13(20)22/h1-6H,(H3,20,21,22). The number of hydrogen-bond donors (Lipinski definition) is 2. The summed E-state index contributed by atoms with van der Waals surface area (Å²) in [6.45, 7) is 0. The lowest BCUT2D eigenvalue weighted by atomic mass is 10.2. The van der Waals surface area contributed by atoms with Crippen LogP contribution in [0.25, 0.3) is 0 Å². The van der Waals surface area contributed by atoms with Gasteiger partial charge in [-0.3, -0.25) is 0 Å². The lowest BCUT2D eigenvalue weighted by Crippen LogP contribution is -2.19. The first-order valence-corrected chi connectivity index (χ1v) is 6.45. The SMILES string of the molecule is NC(=O)Nc1ccc(Oc2ccc(C(F)(F)F)cc2Cl)cc1F. The molecule has 4 nitrogen and oxygen atoms in total. The lowest BCUT2D eigenvalue weighted by Gasteiger charge is -2.12. The third kappa shape index (κ3) is 4.26. The molecule has 9 heteroatoms. The van der Waals surface area contributed by atoms with Crippen molar-refractivity contribution in [2.45, 2.75) is 6.18 Å². The quantitative estimate of drug-likeness (QED) is 0.784. The van der Waals surface area contributed by atoms with Gasteiger partial charge in [-0.25, -0.2) is 9.18 Å². The fraction of sp³-hybridized carbons (Fsp3) is 0.0714. The molecule has 0 spiro atoms. The molecule has 122 valence electrons. The molecule has 0 fully saturated rings. The first-order valence-electron chi connectivity index (χ1n) is 6.07. The van der Waals surface area contributed by atoms with E-state index in [1.807, 2.05) is 0 Å². The number of carbonyl (C=O) groups excluding carboxylic acids is 1. The Morgan fingerprint density at radius 3 is 2.39 bits per heavy atom. The number of hydrogen-bond acceptors (Lipinski definition) is 2. The molecule has 2 aromatic carbocycles. The molecule has 2 rings (SSSR count). The van der Waals surface area contributed by atoms with Crippen molar-refractivity contribution in [1.82, 2.24) is 0 Å². The normalized spacial score (nSPS) is 11.2. The Hall–Kier alpha value is -2.48. The number of rotatable bonds is 3. The summed E-state index contributed by atoms with van der Waals surface area (Å²) in [5.74, 6) is -0.918. The largest absolute Gasteiger partial charge is 0.456 e. The number of benzene rings is 2. The maximum Gasteiger partial charge on any atom is 0.416 e. The van der Waals surface area contributed by atoms with Gasteiger partial charge in [0.1, 0.15) is 17.3 Å². The van der Waals surface area contributed by atoms with Crippen molar-refractivity contribution in [3.63, 3.8) is 0 Å². The van der Waals surface area contributed by atoms with Crippen LogP contribution in [0.2, 0.25) is 5.02 Å². The second-order valence-electron chi connectivity index (χ2n) is 4.38. The molecule has 23 heavy (non-hydrogen) atoms. The molecule has 0 aliphatic heterocycles. The van der Waals surface area contributed by atoms with Crippen molar-refractivity contribution in [2.75, 3.05) is 5.32 Å². The number of urea groups is 1. The highest BCUT2D eigenvalue weighted by Gasteiger charge is 2.31. The van der Waals surface area contributed by atoms with Gasteiger partial charge in [-0.05, 0) is 30.3 Å². The molecule has 2 amide bonds. The summed E-state index contributed by atoms with van der Waals surface area (Å²) in [6.07, 6.45) is -4.53. The molecular formula is C14H9ClF4N2O2. The van der Waals surface area contributed by atoms with Crippen LogP contribution in [0.1, 0.15) is 5.56 Å². The van der Waals surface area contributed by atoms with E-state index in [0.717, 1.165) is 18.2 Å². The summed E-state index contributed by atoms with van der Waals surface area (Å²) in [4.78, 5) is 10.7. The van der Waals surface area contributed by atoms with Crippen molar-refractivity contribution >= 4 is 23.3 Å². The fourth-order valence-electron chi connectivity index (χ4n) is 1.68. The van der Waals surface area contributed by atoms with Crippen molar-refractivity contribution < 1.29 is 27.1 Å². The number of carbonyl (C=O) groups is 1. The average Bonchev–Trinajstić information content (AvgIpc) is 2.42. The van der Waals surface area contributed by atoms with Crippen LogP contribution in [0, 0.1) is 5.82 Å². The van der Waals surface area contributed by atoms with Gasteiger partial charge in [0.2, 0.25) is 0 Å². The van der Waals surface area contributed by atoms with Crippen LogP contribution in [0.15, 0.2) is 36.4 Å². The van der Waals surface area contributed by atoms with Gasteiger partial charge in [-0.2, -0.15) is 13.2 Å². The van der Waals surface area contributed by atoms with Crippen LogP contribution in [-0.2, 0) is 6.18 Å². The van der Waals surface area contributed by atoms with Crippen LogP contribution in [0.3, 0.4) is 0 Å². The summed E-state index contributed by atoms with van der Waals surface area (Å²) in [5.41, 5.74) is 3.77. The Labute approximate surface area is 132 Å². The molecule has 3 N–H and O–H groups in total. The van der Waals surface area contributed by atoms with Gasteiger partial charge in [-0.1, -0.05) is 11.6 Å². The topological polar surface area (TPSA) is 64.4 Å². The van der Waals surface area contributed by atoms with Crippen LogP contribution < -0.4 is 15.8 Å². The number of anilines is 1. The summed E-state index contributed by atoms with van der Waals surface area (Å²) in [5, 5.41) is 1.78. The van der Waals surface area contributed by atoms with E-state index in [2.05, 4.69) is 5.32 Å². The smallest absolute Gasteiger partial charge is 0.416 e. The molecule has 0 bridgehead atoms. The van der Waals surface area contributed by atoms with Crippen molar-refractivity contribution in [3.8, 4) is 11.5 Å².